The van der Waals surface area contributed by atoms with Crippen LogP contribution in [0.5, 0.6) is 0 Å². The van der Waals surface area contributed by atoms with E-state index < -0.39 is 17.5 Å². The topological polar surface area (TPSA) is 0 Å². The Bertz CT molecular complexity index is 552. The van der Waals surface area contributed by atoms with Gasteiger partial charge >= 0.3 is 0 Å². The fourth-order valence-corrected chi connectivity index (χ4v) is 3.62. The van der Waals surface area contributed by atoms with Crippen LogP contribution >= 0.6 is 0 Å². The Morgan fingerprint density at radius 2 is 1.75 bits per heavy atom. The van der Waals surface area contributed by atoms with E-state index in [1.807, 2.05) is 0 Å². The molecule has 0 aromatic heterocycles. The van der Waals surface area contributed by atoms with E-state index in [9.17, 15) is 13.2 Å². The summed E-state index contributed by atoms with van der Waals surface area (Å²) in [5.41, 5.74) is 2.00. The minimum atomic E-state index is -1.35. The van der Waals surface area contributed by atoms with Gasteiger partial charge in [-0.2, -0.15) is 0 Å². The summed E-state index contributed by atoms with van der Waals surface area (Å²) in [4.78, 5) is 0. The van der Waals surface area contributed by atoms with Crippen molar-refractivity contribution in [3.05, 3.63) is 40.2 Å². The van der Waals surface area contributed by atoms with Crippen LogP contribution in [0.1, 0.15) is 50.2 Å². The summed E-state index contributed by atoms with van der Waals surface area (Å²) in [6.45, 7) is 2.22. The Labute approximate surface area is 117 Å². The normalized spacial score (nSPS) is 25.5. The van der Waals surface area contributed by atoms with Gasteiger partial charge in [-0.05, 0) is 55.6 Å². The van der Waals surface area contributed by atoms with E-state index in [1.54, 1.807) is 6.08 Å². The third kappa shape index (κ3) is 2.27. The van der Waals surface area contributed by atoms with E-state index in [2.05, 4.69) is 6.92 Å². The molecular formula is C17H19F3. The lowest BCUT2D eigenvalue weighted by molar-refractivity contribution is 0.294. The second kappa shape index (κ2) is 5.27. The van der Waals surface area contributed by atoms with E-state index in [4.69, 9.17) is 0 Å². The van der Waals surface area contributed by atoms with Crippen molar-refractivity contribution in [3.63, 3.8) is 0 Å². The van der Waals surface area contributed by atoms with Crippen LogP contribution in [0, 0.1) is 29.3 Å². The van der Waals surface area contributed by atoms with Crippen molar-refractivity contribution < 1.29 is 13.2 Å². The minimum absolute atomic E-state index is 0.261. The highest BCUT2D eigenvalue weighted by Crippen LogP contribution is 2.40. The average Bonchev–Trinajstić information content (AvgIpc) is 2.89. The number of hydrogen-bond acceptors (Lipinski definition) is 0. The van der Waals surface area contributed by atoms with Crippen molar-refractivity contribution in [2.75, 3.05) is 0 Å². The van der Waals surface area contributed by atoms with Crippen molar-refractivity contribution in [2.45, 2.75) is 45.4 Å². The molecule has 0 N–H and O–H groups in total. The van der Waals surface area contributed by atoms with Crippen molar-refractivity contribution >= 4 is 6.08 Å². The predicted molar refractivity (Wildman–Crippen MR) is 73.7 cm³/mol. The second-order valence-corrected chi connectivity index (χ2v) is 6.08. The monoisotopic (exact) mass is 280 g/mol. The van der Waals surface area contributed by atoms with Crippen LogP contribution in [-0.2, 0) is 6.42 Å². The Kier molecular flexibility index (Phi) is 3.61. The van der Waals surface area contributed by atoms with Crippen molar-refractivity contribution in [2.24, 2.45) is 11.8 Å². The molecule has 108 valence electrons. The van der Waals surface area contributed by atoms with Crippen LogP contribution in [0.25, 0.3) is 6.08 Å². The maximum absolute atomic E-state index is 13.8. The van der Waals surface area contributed by atoms with Gasteiger partial charge in [-0.25, -0.2) is 13.2 Å². The molecule has 2 aliphatic rings. The highest BCUT2D eigenvalue weighted by Gasteiger charge is 2.28. The molecule has 20 heavy (non-hydrogen) atoms. The Hall–Kier alpha value is -1.25. The van der Waals surface area contributed by atoms with Gasteiger partial charge in [-0.3, -0.25) is 0 Å². The van der Waals surface area contributed by atoms with Gasteiger partial charge < -0.3 is 0 Å². The molecule has 0 saturated heterocycles. The highest BCUT2D eigenvalue weighted by atomic mass is 19.2. The average molecular weight is 280 g/mol. The molecule has 3 heteroatoms. The zero-order chi connectivity index (χ0) is 14.3. The fraction of sp³-hybridized carbons (Fsp3) is 0.529. The molecule has 1 aromatic rings. The maximum Gasteiger partial charge on any atom is 0.195 e. The molecule has 0 unspecified atom stereocenters. The van der Waals surface area contributed by atoms with Gasteiger partial charge in [0.1, 0.15) is 0 Å². The van der Waals surface area contributed by atoms with Gasteiger partial charge in [-0.1, -0.05) is 25.0 Å². The number of fused-ring (bicyclic) bond motifs is 1. The van der Waals surface area contributed by atoms with E-state index >= 15 is 0 Å². The first-order valence-corrected chi connectivity index (χ1v) is 7.47. The number of hydrogen-bond donors (Lipinski definition) is 0. The smallest absolute Gasteiger partial charge is 0.195 e. The number of allylic oxidation sites excluding steroid dienone is 1. The summed E-state index contributed by atoms with van der Waals surface area (Å²) in [5.74, 6) is -2.20. The molecule has 0 bridgehead atoms. The molecule has 0 spiro atoms. The van der Waals surface area contributed by atoms with Gasteiger partial charge in [0.05, 0.1) is 0 Å². The van der Waals surface area contributed by atoms with E-state index in [0.29, 0.717) is 17.9 Å². The van der Waals surface area contributed by atoms with E-state index in [0.717, 1.165) is 30.4 Å². The zero-order valence-corrected chi connectivity index (χ0v) is 11.7. The summed E-state index contributed by atoms with van der Waals surface area (Å²) >= 11 is 0. The third-order valence-corrected chi connectivity index (χ3v) is 4.96. The van der Waals surface area contributed by atoms with Crippen molar-refractivity contribution in [1.29, 1.82) is 0 Å². The Morgan fingerprint density at radius 1 is 1.05 bits per heavy atom. The Morgan fingerprint density at radius 3 is 2.40 bits per heavy atom. The van der Waals surface area contributed by atoms with E-state index in [1.165, 1.54) is 19.3 Å². The molecule has 1 saturated carbocycles. The van der Waals surface area contributed by atoms with Crippen molar-refractivity contribution in [1.82, 2.24) is 0 Å². The summed E-state index contributed by atoms with van der Waals surface area (Å²) in [7, 11) is 0. The van der Waals surface area contributed by atoms with Crippen LogP contribution in [0.4, 0.5) is 13.2 Å². The Balaban J connectivity index is 1.80. The molecular weight excluding hydrogens is 261 g/mol. The third-order valence-electron chi connectivity index (χ3n) is 4.96. The predicted octanol–water partition coefficient (Wildman–Crippen LogP) is 5.26. The number of benzene rings is 1. The highest BCUT2D eigenvalue weighted by molar-refractivity contribution is 5.65. The second-order valence-electron chi connectivity index (χ2n) is 6.08. The first kappa shape index (κ1) is 13.7. The lowest BCUT2D eigenvalue weighted by Gasteiger charge is -2.28. The van der Waals surface area contributed by atoms with E-state index in [-0.39, 0.29) is 5.56 Å². The summed E-state index contributed by atoms with van der Waals surface area (Å²) in [6, 6.07) is 1.15. The minimum Gasteiger partial charge on any atom is -0.204 e. The molecule has 0 atom stereocenters. The number of halogens is 3. The van der Waals surface area contributed by atoms with Gasteiger partial charge in [0, 0.05) is 5.56 Å². The van der Waals surface area contributed by atoms with Crippen LogP contribution in [0.15, 0.2) is 11.6 Å². The molecule has 0 nitrogen and oxygen atoms in total. The summed E-state index contributed by atoms with van der Waals surface area (Å²) in [6.07, 6.45) is 8.20. The van der Waals surface area contributed by atoms with Crippen LogP contribution in [0.3, 0.4) is 0 Å². The van der Waals surface area contributed by atoms with Crippen LogP contribution in [-0.4, -0.2) is 0 Å². The molecule has 0 aliphatic heterocycles. The summed E-state index contributed by atoms with van der Waals surface area (Å²) in [5, 5.41) is 0. The van der Waals surface area contributed by atoms with Crippen molar-refractivity contribution in [3.8, 4) is 0 Å². The zero-order valence-electron chi connectivity index (χ0n) is 11.7. The van der Waals surface area contributed by atoms with Gasteiger partial charge in [-0.15, -0.1) is 0 Å². The molecule has 2 aliphatic carbocycles. The molecule has 1 aromatic carbocycles. The standard InChI is InChI=1S/C17H19F3/c1-2-10-3-5-11(6-4-10)12-7-13-9-15(18)17(20)16(19)14(13)8-12/h8-11H,2-7H2,1H3. The maximum atomic E-state index is 13.8. The fourth-order valence-electron chi connectivity index (χ4n) is 3.62. The van der Waals surface area contributed by atoms with Gasteiger partial charge in [0.15, 0.2) is 17.5 Å². The van der Waals surface area contributed by atoms with Crippen LogP contribution in [0.2, 0.25) is 0 Å². The van der Waals surface area contributed by atoms with Crippen LogP contribution < -0.4 is 0 Å². The molecule has 0 heterocycles. The molecule has 3 rings (SSSR count). The molecule has 1 fully saturated rings. The summed E-state index contributed by atoms with van der Waals surface area (Å²) < 4.78 is 40.3. The lowest BCUT2D eigenvalue weighted by atomic mass is 9.77. The quantitative estimate of drug-likeness (QED) is 0.648. The lowest BCUT2D eigenvalue weighted by Crippen LogP contribution is -2.15. The van der Waals surface area contributed by atoms with Gasteiger partial charge in [0.25, 0.3) is 0 Å². The van der Waals surface area contributed by atoms with Gasteiger partial charge in [0.2, 0.25) is 0 Å². The molecule has 0 radical (unpaired) electrons. The SMILES string of the molecule is CCC1CCC(C2=Cc3c(cc(F)c(F)c3F)C2)CC1. The molecule has 0 amide bonds. The largest absolute Gasteiger partial charge is 0.204 e. The number of rotatable bonds is 2. The first-order chi connectivity index (χ1) is 9.60. The first-order valence-electron chi connectivity index (χ1n) is 7.47.